The zero-order chi connectivity index (χ0) is 12.0. The van der Waals surface area contributed by atoms with Gasteiger partial charge in [-0.1, -0.05) is 0 Å². The van der Waals surface area contributed by atoms with Crippen LogP contribution in [-0.2, 0) is 11.2 Å². The van der Waals surface area contributed by atoms with Crippen LogP contribution in [0.25, 0.3) is 0 Å². The van der Waals surface area contributed by atoms with E-state index in [-0.39, 0.29) is 17.9 Å². The van der Waals surface area contributed by atoms with Gasteiger partial charge in [0.05, 0.1) is 13.0 Å². The molecule has 2 aliphatic rings. The Labute approximate surface area is 100 Å². The van der Waals surface area contributed by atoms with Crippen LogP contribution in [0.2, 0.25) is 0 Å². The molecule has 4 heteroatoms. The average Bonchev–Trinajstić information content (AvgIpc) is 3.01. The van der Waals surface area contributed by atoms with Gasteiger partial charge in [0.25, 0.3) is 0 Å². The molecule has 4 nitrogen and oxygen atoms in total. The largest absolute Gasteiger partial charge is 0.399 e. The molecule has 3 rings (SSSR count). The third-order valence-electron chi connectivity index (χ3n) is 3.82. The number of nitrogen functional groups attached to an aromatic ring is 1. The summed E-state index contributed by atoms with van der Waals surface area (Å²) < 4.78 is 0. The van der Waals surface area contributed by atoms with Crippen LogP contribution in [0.5, 0.6) is 0 Å². The number of aliphatic hydroxyl groups is 1. The highest BCUT2D eigenvalue weighted by Crippen LogP contribution is 2.47. The maximum atomic E-state index is 12.0. The molecule has 0 unspecified atom stereocenters. The SMILES string of the molecule is Nc1ccc2c(c1)CC(=O)N2CC1(CO)CC1. The molecule has 0 atom stereocenters. The van der Waals surface area contributed by atoms with Gasteiger partial charge < -0.3 is 15.7 Å². The number of anilines is 2. The lowest BCUT2D eigenvalue weighted by Crippen LogP contribution is -2.34. The van der Waals surface area contributed by atoms with E-state index in [1.165, 1.54) is 0 Å². The predicted molar refractivity (Wildman–Crippen MR) is 65.7 cm³/mol. The van der Waals surface area contributed by atoms with Crippen molar-refractivity contribution in [2.45, 2.75) is 19.3 Å². The fraction of sp³-hybridized carbons (Fsp3) is 0.462. The van der Waals surface area contributed by atoms with E-state index in [2.05, 4.69) is 0 Å². The van der Waals surface area contributed by atoms with E-state index in [0.29, 0.717) is 18.7 Å². The maximum absolute atomic E-state index is 12.0. The molecule has 17 heavy (non-hydrogen) atoms. The van der Waals surface area contributed by atoms with Crippen LogP contribution >= 0.6 is 0 Å². The number of fused-ring (bicyclic) bond motifs is 1. The van der Waals surface area contributed by atoms with E-state index in [1.807, 2.05) is 18.2 Å². The molecule has 1 amide bonds. The van der Waals surface area contributed by atoms with Crippen LogP contribution in [0, 0.1) is 5.41 Å². The van der Waals surface area contributed by atoms with Crippen LogP contribution in [0.1, 0.15) is 18.4 Å². The molecule has 0 radical (unpaired) electrons. The second kappa shape index (κ2) is 3.47. The van der Waals surface area contributed by atoms with E-state index in [9.17, 15) is 9.90 Å². The molecule has 0 aromatic heterocycles. The third-order valence-corrected chi connectivity index (χ3v) is 3.82. The third kappa shape index (κ3) is 1.69. The lowest BCUT2D eigenvalue weighted by atomic mass is 10.1. The maximum Gasteiger partial charge on any atom is 0.231 e. The van der Waals surface area contributed by atoms with Crippen molar-refractivity contribution >= 4 is 17.3 Å². The number of carbonyl (C=O) groups is 1. The number of rotatable bonds is 3. The van der Waals surface area contributed by atoms with E-state index in [4.69, 9.17) is 5.73 Å². The summed E-state index contributed by atoms with van der Waals surface area (Å²) in [6.45, 7) is 0.806. The molecule has 3 N–H and O–H groups in total. The van der Waals surface area contributed by atoms with Gasteiger partial charge in [-0.3, -0.25) is 4.79 Å². The lowest BCUT2D eigenvalue weighted by molar-refractivity contribution is -0.117. The van der Waals surface area contributed by atoms with Crippen molar-refractivity contribution in [3.05, 3.63) is 23.8 Å². The number of amides is 1. The fourth-order valence-corrected chi connectivity index (χ4v) is 2.45. The summed E-state index contributed by atoms with van der Waals surface area (Å²) in [5.74, 6) is 0.116. The van der Waals surface area contributed by atoms with Gasteiger partial charge in [-0.25, -0.2) is 0 Å². The quantitative estimate of drug-likeness (QED) is 0.762. The zero-order valence-electron chi connectivity index (χ0n) is 9.65. The summed E-state index contributed by atoms with van der Waals surface area (Å²) in [5.41, 5.74) is 8.34. The highest BCUT2D eigenvalue weighted by Gasteiger charge is 2.45. The molecule has 1 fully saturated rings. The van der Waals surface area contributed by atoms with Crippen LogP contribution in [0.4, 0.5) is 11.4 Å². The first-order valence-electron chi connectivity index (χ1n) is 5.93. The van der Waals surface area contributed by atoms with Gasteiger partial charge in [0.2, 0.25) is 5.91 Å². The minimum atomic E-state index is -0.0430. The van der Waals surface area contributed by atoms with E-state index >= 15 is 0 Å². The van der Waals surface area contributed by atoms with Gasteiger partial charge >= 0.3 is 0 Å². The number of carbonyl (C=O) groups excluding carboxylic acids is 1. The minimum Gasteiger partial charge on any atom is -0.399 e. The number of nitrogens with two attached hydrogens (primary N) is 1. The Hall–Kier alpha value is -1.55. The number of nitrogens with zero attached hydrogens (tertiary/aromatic N) is 1. The predicted octanol–water partition coefficient (Wildman–Crippen LogP) is 0.930. The highest BCUT2D eigenvalue weighted by molar-refractivity contribution is 6.01. The van der Waals surface area contributed by atoms with Crippen molar-refractivity contribution in [1.82, 2.24) is 0 Å². The van der Waals surface area contributed by atoms with E-state index in [1.54, 1.807) is 4.90 Å². The van der Waals surface area contributed by atoms with Gasteiger partial charge in [0, 0.05) is 23.3 Å². The summed E-state index contributed by atoms with van der Waals surface area (Å²) in [6, 6.07) is 5.59. The first kappa shape index (κ1) is 10.6. The molecule has 1 aliphatic heterocycles. The first-order valence-corrected chi connectivity index (χ1v) is 5.93. The fourth-order valence-electron chi connectivity index (χ4n) is 2.45. The lowest BCUT2D eigenvalue weighted by Gasteiger charge is -2.22. The van der Waals surface area contributed by atoms with Gasteiger partial charge in [0.1, 0.15) is 0 Å². The van der Waals surface area contributed by atoms with Crippen molar-refractivity contribution in [2.75, 3.05) is 23.8 Å². The minimum absolute atomic E-state index is 0.0430. The molecular weight excluding hydrogens is 216 g/mol. The molecule has 1 aromatic carbocycles. The summed E-state index contributed by atoms with van der Waals surface area (Å²) in [6.07, 6.45) is 2.46. The van der Waals surface area contributed by atoms with Crippen molar-refractivity contribution in [3.63, 3.8) is 0 Å². The molecule has 1 heterocycles. The zero-order valence-corrected chi connectivity index (χ0v) is 9.65. The molecule has 0 saturated heterocycles. The molecular formula is C13H16N2O2. The standard InChI is InChI=1S/C13H16N2O2/c14-10-1-2-11-9(5-10)6-12(17)15(11)7-13(8-16)3-4-13/h1-2,5,16H,3-4,6-8,14H2. The molecule has 1 aliphatic carbocycles. The van der Waals surface area contributed by atoms with Gasteiger partial charge in [-0.2, -0.15) is 0 Å². The van der Waals surface area contributed by atoms with Crippen LogP contribution in [-0.4, -0.2) is 24.2 Å². The van der Waals surface area contributed by atoms with Crippen LogP contribution < -0.4 is 10.6 Å². The summed E-state index contributed by atoms with van der Waals surface area (Å²) >= 11 is 0. The number of benzene rings is 1. The Morgan fingerprint density at radius 2 is 2.18 bits per heavy atom. The van der Waals surface area contributed by atoms with Crippen LogP contribution in [0.15, 0.2) is 18.2 Å². The van der Waals surface area contributed by atoms with Gasteiger partial charge in [-0.05, 0) is 36.6 Å². The van der Waals surface area contributed by atoms with E-state index < -0.39 is 0 Å². The Morgan fingerprint density at radius 1 is 1.41 bits per heavy atom. The molecule has 0 bridgehead atoms. The van der Waals surface area contributed by atoms with Crippen molar-refractivity contribution in [2.24, 2.45) is 5.41 Å². The van der Waals surface area contributed by atoms with Crippen molar-refractivity contribution in [3.8, 4) is 0 Å². The topological polar surface area (TPSA) is 66.6 Å². The van der Waals surface area contributed by atoms with E-state index in [0.717, 1.165) is 24.1 Å². The van der Waals surface area contributed by atoms with Crippen molar-refractivity contribution < 1.29 is 9.90 Å². The first-order chi connectivity index (χ1) is 8.13. The number of hydrogen-bond donors (Lipinski definition) is 2. The number of hydrogen-bond acceptors (Lipinski definition) is 3. The molecule has 1 aromatic rings. The normalized spacial score (nSPS) is 20.5. The van der Waals surface area contributed by atoms with Gasteiger partial charge in [0.15, 0.2) is 0 Å². The Balaban J connectivity index is 1.89. The molecule has 1 saturated carbocycles. The summed E-state index contributed by atoms with van der Waals surface area (Å²) in [4.78, 5) is 13.8. The van der Waals surface area contributed by atoms with Crippen LogP contribution in [0.3, 0.4) is 0 Å². The summed E-state index contributed by atoms with van der Waals surface area (Å²) in [7, 11) is 0. The Morgan fingerprint density at radius 3 is 2.82 bits per heavy atom. The molecule has 90 valence electrons. The highest BCUT2D eigenvalue weighted by atomic mass is 16.3. The number of aliphatic hydroxyl groups excluding tert-OH is 1. The monoisotopic (exact) mass is 232 g/mol. The smallest absolute Gasteiger partial charge is 0.231 e. The second-order valence-electron chi connectivity index (χ2n) is 5.20. The second-order valence-corrected chi connectivity index (χ2v) is 5.20. The molecule has 0 spiro atoms. The van der Waals surface area contributed by atoms with Gasteiger partial charge in [-0.15, -0.1) is 0 Å². The average molecular weight is 232 g/mol. The Bertz CT molecular complexity index is 480. The summed E-state index contributed by atoms with van der Waals surface area (Å²) in [5, 5.41) is 9.34. The van der Waals surface area contributed by atoms with Crippen molar-refractivity contribution in [1.29, 1.82) is 0 Å². The Kier molecular flexibility index (Phi) is 2.16.